The lowest BCUT2D eigenvalue weighted by Gasteiger charge is -2.00. The van der Waals surface area contributed by atoms with Gasteiger partial charge in [-0.1, -0.05) is 36.4 Å². The van der Waals surface area contributed by atoms with E-state index < -0.39 is 7.12 Å². The molecule has 2 aromatic carbocycles. The van der Waals surface area contributed by atoms with Gasteiger partial charge in [-0.05, 0) is 40.4 Å². The summed E-state index contributed by atoms with van der Waals surface area (Å²) < 4.78 is 18.2. The van der Waals surface area contributed by atoms with E-state index in [0.29, 0.717) is 6.61 Å². The molecule has 0 amide bonds. The fourth-order valence-corrected chi connectivity index (χ4v) is 2.16. The van der Waals surface area contributed by atoms with Crippen molar-refractivity contribution in [3.8, 4) is 0 Å². The minimum absolute atomic E-state index is 0.243. The lowest BCUT2D eigenvalue weighted by Crippen LogP contribution is -2.27. The molecule has 1 heterocycles. The third kappa shape index (κ3) is 2.60. The summed E-state index contributed by atoms with van der Waals surface area (Å²) in [4.78, 5) is 0. The Labute approximate surface area is 111 Å². The summed E-state index contributed by atoms with van der Waals surface area (Å²) in [5.74, 6) is -0.243. The number of benzene rings is 2. The molecule has 94 valence electrons. The van der Waals surface area contributed by atoms with E-state index in [1.165, 1.54) is 12.1 Å². The summed E-state index contributed by atoms with van der Waals surface area (Å²) in [6, 6.07) is 12.2. The van der Waals surface area contributed by atoms with Crippen LogP contribution in [0.15, 0.2) is 42.5 Å². The van der Waals surface area contributed by atoms with Crippen LogP contribution in [0.5, 0.6) is 0 Å². The predicted octanol–water partition coefficient (Wildman–Crippen LogP) is 2.21. The Morgan fingerprint density at radius 2 is 1.89 bits per heavy atom. The van der Waals surface area contributed by atoms with Gasteiger partial charge in [-0.15, -0.1) is 0 Å². The second-order valence-electron chi connectivity index (χ2n) is 4.51. The van der Waals surface area contributed by atoms with Gasteiger partial charge in [0.1, 0.15) is 5.82 Å². The SMILES string of the molecule is OB1OCc2cc(/C=C/c3cccc(F)c3)ccc21. The topological polar surface area (TPSA) is 29.5 Å². The summed E-state index contributed by atoms with van der Waals surface area (Å²) in [5, 5.41) is 9.53. The van der Waals surface area contributed by atoms with Gasteiger partial charge in [0.2, 0.25) is 0 Å². The molecule has 0 unspecified atom stereocenters. The highest BCUT2D eigenvalue weighted by Crippen LogP contribution is 2.14. The lowest BCUT2D eigenvalue weighted by molar-refractivity contribution is 0.275. The molecule has 2 nitrogen and oxygen atoms in total. The van der Waals surface area contributed by atoms with Crippen LogP contribution in [0.1, 0.15) is 16.7 Å². The summed E-state index contributed by atoms with van der Waals surface area (Å²) >= 11 is 0. The Balaban J connectivity index is 1.84. The van der Waals surface area contributed by atoms with Crippen LogP contribution in [0, 0.1) is 5.82 Å². The molecule has 1 aliphatic rings. The number of hydrogen-bond donors (Lipinski definition) is 1. The Hall–Kier alpha value is -1.91. The van der Waals surface area contributed by atoms with E-state index in [9.17, 15) is 9.41 Å². The van der Waals surface area contributed by atoms with Gasteiger partial charge in [-0.25, -0.2) is 4.39 Å². The highest BCUT2D eigenvalue weighted by atomic mass is 19.1. The zero-order chi connectivity index (χ0) is 13.2. The minimum atomic E-state index is -0.809. The highest BCUT2D eigenvalue weighted by Gasteiger charge is 2.26. The molecule has 0 bridgehead atoms. The zero-order valence-corrected chi connectivity index (χ0v) is 10.2. The maximum absolute atomic E-state index is 13.0. The van der Waals surface area contributed by atoms with Crippen LogP contribution >= 0.6 is 0 Å². The molecule has 1 aliphatic heterocycles. The van der Waals surface area contributed by atoms with Crippen molar-refractivity contribution in [2.24, 2.45) is 0 Å². The average Bonchev–Trinajstić information content (AvgIpc) is 2.78. The van der Waals surface area contributed by atoms with Crippen LogP contribution in [-0.4, -0.2) is 12.1 Å². The zero-order valence-electron chi connectivity index (χ0n) is 10.2. The lowest BCUT2D eigenvalue weighted by atomic mass is 9.79. The van der Waals surface area contributed by atoms with Crippen molar-refractivity contribution in [2.45, 2.75) is 6.61 Å². The average molecular weight is 254 g/mol. The second kappa shape index (κ2) is 5.00. The van der Waals surface area contributed by atoms with Gasteiger partial charge in [-0.2, -0.15) is 0 Å². The standard InChI is InChI=1S/C15H12BFO2/c17-14-3-1-2-11(9-14)4-5-12-6-7-15-13(8-12)10-19-16(15)18/h1-9,18H,10H2/b5-4+. The van der Waals surface area contributed by atoms with Gasteiger partial charge < -0.3 is 9.68 Å². The smallest absolute Gasteiger partial charge is 0.423 e. The molecule has 2 aromatic rings. The van der Waals surface area contributed by atoms with Gasteiger partial charge in [0, 0.05) is 0 Å². The van der Waals surface area contributed by atoms with Crippen LogP contribution < -0.4 is 5.46 Å². The largest absolute Gasteiger partial charge is 0.491 e. The van der Waals surface area contributed by atoms with Crippen LogP contribution in [-0.2, 0) is 11.3 Å². The summed E-state index contributed by atoms with van der Waals surface area (Å²) in [5.41, 5.74) is 3.63. The Bertz CT molecular complexity index is 640. The summed E-state index contributed by atoms with van der Waals surface area (Å²) in [6.07, 6.45) is 3.77. The fourth-order valence-electron chi connectivity index (χ4n) is 2.16. The molecule has 0 fully saturated rings. The van der Waals surface area contributed by atoms with Crippen LogP contribution in [0.3, 0.4) is 0 Å². The van der Waals surface area contributed by atoms with E-state index in [4.69, 9.17) is 4.65 Å². The Morgan fingerprint density at radius 1 is 1.11 bits per heavy atom. The van der Waals surface area contributed by atoms with Crippen LogP contribution in [0.4, 0.5) is 4.39 Å². The van der Waals surface area contributed by atoms with Crippen LogP contribution in [0.2, 0.25) is 0 Å². The van der Waals surface area contributed by atoms with Gasteiger partial charge in [0.25, 0.3) is 0 Å². The van der Waals surface area contributed by atoms with Gasteiger partial charge in [0.05, 0.1) is 6.61 Å². The number of hydrogen-bond acceptors (Lipinski definition) is 2. The van der Waals surface area contributed by atoms with Gasteiger partial charge >= 0.3 is 7.12 Å². The number of fused-ring (bicyclic) bond motifs is 1. The Kier molecular flexibility index (Phi) is 3.19. The molecular weight excluding hydrogens is 242 g/mol. The first-order valence-electron chi connectivity index (χ1n) is 6.08. The first kappa shape index (κ1) is 12.1. The van der Waals surface area contributed by atoms with Crippen molar-refractivity contribution < 1.29 is 14.1 Å². The molecule has 0 saturated carbocycles. The molecule has 0 atom stereocenters. The summed E-state index contributed by atoms with van der Waals surface area (Å²) in [7, 11) is -0.809. The molecule has 0 saturated heterocycles. The first-order valence-corrected chi connectivity index (χ1v) is 6.08. The van der Waals surface area contributed by atoms with E-state index in [0.717, 1.165) is 22.2 Å². The van der Waals surface area contributed by atoms with Gasteiger partial charge in [0.15, 0.2) is 0 Å². The number of rotatable bonds is 2. The van der Waals surface area contributed by atoms with Crippen LogP contribution in [0.25, 0.3) is 12.2 Å². The molecule has 4 heteroatoms. The predicted molar refractivity (Wildman–Crippen MR) is 74.2 cm³/mol. The van der Waals surface area contributed by atoms with Crippen molar-refractivity contribution in [3.05, 3.63) is 65.0 Å². The van der Waals surface area contributed by atoms with E-state index in [2.05, 4.69) is 0 Å². The van der Waals surface area contributed by atoms with E-state index in [1.54, 1.807) is 6.07 Å². The third-order valence-corrected chi connectivity index (χ3v) is 3.15. The summed E-state index contributed by atoms with van der Waals surface area (Å²) in [6.45, 7) is 0.429. The number of halogens is 1. The Morgan fingerprint density at radius 3 is 2.68 bits per heavy atom. The first-order chi connectivity index (χ1) is 9.22. The molecule has 1 N–H and O–H groups in total. The highest BCUT2D eigenvalue weighted by molar-refractivity contribution is 6.61. The third-order valence-electron chi connectivity index (χ3n) is 3.15. The second-order valence-corrected chi connectivity index (χ2v) is 4.51. The van der Waals surface area contributed by atoms with E-state index in [-0.39, 0.29) is 5.82 Å². The molecular formula is C15H12BFO2. The molecule has 0 aliphatic carbocycles. The molecule has 0 aromatic heterocycles. The quantitative estimate of drug-likeness (QED) is 0.657. The molecule has 19 heavy (non-hydrogen) atoms. The fraction of sp³-hybridized carbons (Fsp3) is 0.0667. The maximum Gasteiger partial charge on any atom is 0.491 e. The van der Waals surface area contributed by atoms with E-state index >= 15 is 0 Å². The van der Waals surface area contributed by atoms with Gasteiger partial charge in [-0.3, -0.25) is 0 Å². The molecule has 0 radical (unpaired) electrons. The molecule has 3 rings (SSSR count). The van der Waals surface area contributed by atoms with Crippen molar-refractivity contribution in [2.75, 3.05) is 0 Å². The normalized spacial score (nSPS) is 14.1. The minimum Gasteiger partial charge on any atom is -0.423 e. The van der Waals surface area contributed by atoms with Crippen molar-refractivity contribution in [1.82, 2.24) is 0 Å². The maximum atomic E-state index is 13.0. The molecule has 0 spiro atoms. The monoisotopic (exact) mass is 254 g/mol. The van der Waals surface area contributed by atoms with Crippen molar-refractivity contribution in [3.63, 3.8) is 0 Å². The van der Waals surface area contributed by atoms with Crippen molar-refractivity contribution >= 4 is 24.7 Å². The van der Waals surface area contributed by atoms with Crippen molar-refractivity contribution in [1.29, 1.82) is 0 Å². The van der Waals surface area contributed by atoms with E-state index in [1.807, 2.05) is 36.4 Å².